The number of rotatable bonds is 4. The molecule has 1 aliphatic rings. The molecule has 90 valence electrons. The van der Waals surface area contributed by atoms with E-state index in [0.717, 1.165) is 12.3 Å². The molecule has 1 fully saturated rings. The van der Waals surface area contributed by atoms with Crippen LogP contribution in [0.15, 0.2) is 16.8 Å². The second kappa shape index (κ2) is 6.41. The molecule has 0 spiro atoms. The van der Waals surface area contributed by atoms with E-state index in [1.807, 2.05) is 0 Å². The van der Waals surface area contributed by atoms with Crippen molar-refractivity contribution >= 4 is 11.3 Å². The van der Waals surface area contributed by atoms with Gasteiger partial charge in [-0.1, -0.05) is 38.5 Å². The minimum Gasteiger partial charge on any atom is -0.327 e. The highest BCUT2D eigenvalue weighted by Gasteiger charge is 2.16. The van der Waals surface area contributed by atoms with Crippen LogP contribution in [0.2, 0.25) is 0 Å². The van der Waals surface area contributed by atoms with E-state index in [0.29, 0.717) is 6.04 Å². The minimum absolute atomic E-state index is 0.373. The molecule has 1 heterocycles. The molecule has 1 aliphatic carbocycles. The fourth-order valence-electron chi connectivity index (χ4n) is 2.82. The van der Waals surface area contributed by atoms with Crippen molar-refractivity contribution in [2.75, 3.05) is 0 Å². The van der Waals surface area contributed by atoms with Crippen molar-refractivity contribution in [3.63, 3.8) is 0 Å². The third-order valence-corrected chi connectivity index (χ3v) is 4.42. The van der Waals surface area contributed by atoms with Crippen LogP contribution in [-0.2, 0) is 6.42 Å². The molecule has 1 nitrogen and oxygen atoms in total. The van der Waals surface area contributed by atoms with Crippen LogP contribution in [0.1, 0.15) is 50.5 Å². The lowest BCUT2D eigenvalue weighted by Gasteiger charge is -2.18. The van der Waals surface area contributed by atoms with Crippen molar-refractivity contribution in [3.8, 4) is 0 Å². The highest BCUT2D eigenvalue weighted by atomic mass is 32.1. The first kappa shape index (κ1) is 12.1. The normalized spacial score (nSPS) is 20.6. The summed E-state index contributed by atoms with van der Waals surface area (Å²) in [6.45, 7) is 0. The predicted octanol–water partition coefficient (Wildman–Crippen LogP) is 3.98. The predicted molar refractivity (Wildman–Crippen MR) is 71.8 cm³/mol. The van der Waals surface area contributed by atoms with Crippen LogP contribution in [0, 0.1) is 5.92 Å². The summed E-state index contributed by atoms with van der Waals surface area (Å²) in [5, 5.41) is 4.38. The van der Waals surface area contributed by atoms with Crippen LogP contribution in [0.25, 0.3) is 0 Å². The summed E-state index contributed by atoms with van der Waals surface area (Å²) in [5.41, 5.74) is 7.67. The van der Waals surface area contributed by atoms with Crippen molar-refractivity contribution in [2.24, 2.45) is 11.7 Å². The molecular formula is C14H23NS. The summed E-state index contributed by atoms with van der Waals surface area (Å²) in [6, 6.07) is 2.58. The number of hydrogen-bond acceptors (Lipinski definition) is 2. The molecule has 0 bridgehead atoms. The van der Waals surface area contributed by atoms with Gasteiger partial charge in [0.1, 0.15) is 0 Å². The summed E-state index contributed by atoms with van der Waals surface area (Å²) >= 11 is 1.78. The van der Waals surface area contributed by atoms with Crippen LogP contribution in [0.3, 0.4) is 0 Å². The third-order valence-electron chi connectivity index (χ3n) is 3.69. The Labute approximate surface area is 103 Å². The fourth-order valence-corrected chi connectivity index (χ4v) is 3.50. The maximum Gasteiger partial charge on any atom is 0.00822 e. The van der Waals surface area contributed by atoms with Gasteiger partial charge in [0.05, 0.1) is 0 Å². The maximum absolute atomic E-state index is 6.25. The number of nitrogens with two attached hydrogens (primary N) is 1. The van der Waals surface area contributed by atoms with Crippen LogP contribution >= 0.6 is 11.3 Å². The van der Waals surface area contributed by atoms with E-state index in [1.54, 1.807) is 11.3 Å². The lowest BCUT2D eigenvalue weighted by Crippen LogP contribution is -2.25. The van der Waals surface area contributed by atoms with Gasteiger partial charge in [-0.25, -0.2) is 0 Å². The molecule has 16 heavy (non-hydrogen) atoms. The summed E-state index contributed by atoms with van der Waals surface area (Å²) in [5.74, 6) is 0.899. The molecule has 0 aliphatic heterocycles. The summed E-state index contributed by atoms with van der Waals surface area (Å²) in [7, 11) is 0. The van der Waals surface area contributed by atoms with Gasteiger partial charge in [-0.15, -0.1) is 0 Å². The Morgan fingerprint density at radius 3 is 2.62 bits per heavy atom. The first-order valence-electron chi connectivity index (χ1n) is 6.61. The third kappa shape index (κ3) is 3.91. The molecule has 1 atom stereocenters. The molecule has 0 radical (unpaired) electrons. The Morgan fingerprint density at radius 1 is 1.25 bits per heavy atom. The summed E-state index contributed by atoms with van der Waals surface area (Å²) in [6.07, 6.45) is 10.9. The zero-order valence-electron chi connectivity index (χ0n) is 10.0. The minimum atomic E-state index is 0.373. The van der Waals surface area contributed by atoms with E-state index in [2.05, 4.69) is 16.8 Å². The molecule has 0 saturated heterocycles. The second-order valence-corrected chi connectivity index (χ2v) is 5.97. The van der Waals surface area contributed by atoms with Crippen molar-refractivity contribution in [1.29, 1.82) is 0 Å². The molecule has 2 heteroatoms. The highest BCUT2D eigenvalue weighted by molar-refractivity contribution is 7.07. The summed E-state index contributed by atoms with van der Waals surface area (Å²) in [4.78, 5) is 0. The Bertz CT molecular complexity index is 273. The van der Waals surface area contributed by atoms with E-state index in [-0.39, 0.29) is 0 Å². The first-order valence-corrected chi connectivity index (χ1v) is 7.55. The molecule has 0 amide bonds. The average Bonchev–Trinajstić information content (AvgIpc) is 2.62. The Hall–Kier alpha value is -0.340. The van der Waals surface area contributed by atoms with Gasteiger partial charge in [-0.3, -0.25) is 0 Å². The first-order chi connectivity index (χ1) is 7.84. The van der Waals surface area contributed by atoms with Crippen LogP contribution < -0.4 is 5.73 Å². The lowest BCUT2D eigenvalue weighted by atomic mass is 9.91. The van der Waals surface area contributed by atoms with Crippen LogP contribution in [0.4, 0.5) is 0 Å². The van der Waals surface area contributed by atoms with Gasteiger partial charge >= 0.3 is 0 Å². The van der Waals surface area contributed by atoms with Gasteiger partial charge in [0, 0.05) is 6.04 Å². The van der Waals surface area contributed by atoms with Gasteiger partial charge < -0.3 is 5.73 Å². The maximum atomic E-state index is 6.25. The van der Waals surface area contributed by atoms with Gasteiger partial charge in [-0.2, -0.15) is 11.3 Å². The molecule has 2 N–H and O–H groups in total. The topological polar surface area (TPSA) is 26.0 Å². The van der Waals surface area contributed by atoms with E-state index in [9.17, 15) is 0 Å². The zero-order valence-corrected chi connectivity index (χ0v) is 10.8. The van der Waals surface area contributed by atoms with Gasteiger partial charge in [-0.05, 0) is 41.1 Å². The second-order valence-electron chi connectivity index (χ2n) is 5.19. The monoisotopic (exact) mass is 237 g/mol. The molecule has 1 aromatic heterocycles. The SMILES string of the molecule is NC(Cc1ccsc1)CC1CCCCCC1. The standard InChI is InChI=1S/C14H23NS/c15-14(10-13-7-8-16-11-13)9-12-5-3-1-2-4-6-12/h7-8,11-12,14H,1-6,9-10,15H2. The van der Waals surface area contributed by atoms with Gasteiger partial charge in [0.15, 0.2) is 0 Å². The van der Waals surface area contributed by atoms with E-state index >= 15 is 0 Å². The Kier molecular flexibility index (Phi) is 4.86. The van der Waals surface area contributed by atoms with Crippen molar-refractivity contribution in [1.82, 2.24) is 0 Å². The van der Waals surface area contributed by atoms with E-state index < -0.39 is 0 Å². The smallest absolute Gasteiger partial charge is 0.00822 e. The molecular weight excluding hydrogens is 214 g/mol. The molecule has 0 aromatic carbocycles. The lowest BCUT2D eigenvalue weighted by molar-refractivity contribution is 0.387. The quantitative estimate of drug-likeness (QED) is 0.788. The average molecular weight is 237 g/mol. The highest BCUT2D eigenvalue weighted by Crippen LogP contribution is 2.26. The molecule has 2 rings (SSSR count). The van der Waals surface area contributed by atoms with Crippen molar-refractivity contribution in [2.45, 2.75) is 57.4 Å². The number of thiophene rings is 1. The number of hydrogen-bond donors (Lipinski definition) is 1. The molecule has 1 aromatic rings. The van der Waals surface area contributed by atoms with E-state index in [1.165, 1.54) is 50.5 Å². The van der Waals surface area contributed by atoms with Crippen LogP contribution in [-0.4, -0.2) is 6.04 Å². The van der Waals surface area contributed by atoms with Crippen molar-refractivity contribution < 1.29 is 0 Å². The summed E-state index contributed by atoms with van der Waals surface area (Å²) < 4.78 is 0. The molecule has 1 unspecified atom stereocenters. The fraction of sp³-hybridized carbons (Fsp3) is 0.714. The van der Waals surface area contributed by atoms with E-state index in [4.69, 9.17) is 5.73 Å². The Balaban J connectivity index is 1.75. The van der Waals surface area contributed by atoms with Crippen molar-refractivity contribution in [3.05, 3.63) is 22.4 Å². The van der Waals surface area contributed by atoms with Gasteiger partial charge in [0.2, 0.25) is 0 Å². The van der Waals surface area contributed by atoms with Gasteiger partial charge in [0.25, 0.3) is 0 Å². The largest absolute Gasteiger partial charge is 0.327 e. The zero-order chi connectivity index (χ0) is 11.2. The molecule has 1 saturated carbocycles. The Morgan fingerprint density at radius 2 is 2.00 bits per heavy atom. The van der Waals surface area contributed by atoms with Crippen LogP contribution in [0.5, 0.6) is 0 Å².